The Labute approximate surface area is 126 Å². The van der Waals surface area contributed by atoms with Gasteiger partial charge in [-0.15, -0.1) is 11.3 Å². The Kier molecular flexibility index (Phi) is 9.07. The number of rotatable bonds is 9. The van der Waals surface area contributed by atoms with Crippen molar-refractivity contribution >= 4 is 17.3 Å². The van der Waals surface area contributed by atoms with Crippen LogP contribution in [0.1, 0.15) is 38.0 Å². The zero-order valence-corrected chi connectivity index (χ0v) is 13.6. The Morgan fingerprint density at radius 3 is 2.90 bits per heavy atom. The van der Waals surface area contributed by atoms with Crippen molar-refractivity contribution in [3.8, 4) is 0 Å². The molecular formula is C15H27N3OS. The van der Waals surface area contributed by atoms with Crippen LogP contribution in [0.3, 0.4) is 0 Å². The molecule has 0 fully saturated rings. The van der Waals surface area contributed by atoms with Crippen molar-refractivity contribution in [2.75, 3.05) is 32.8 Å². The molecule has 0 saturated heterocycles. The van der Waals surface area contributed by atoms with E-state index in [9.17, 15) is 0 Å². The van der Waals surface area contributed by atoms with Crippen molar-refractivity contribution in [2.45, 2.75) is 33.1 Å². The molecule has 1 atom stereocenters. The summed E-state index contributed by atoms with van der Waals surface area (Å²) in [6.07, 6.45) is 0.999. The summed E-state index contributed by atoms with van der Waals surface area (Å²) < 4.78 is 5.32. The molecule has 0 aliphatic rings. The Balaban J connectivity index is 2.34. The van der Waals surface area contributed by atoms with E-state index in [2.05, 4.69) is 47.0 Å². The van der Waals surface area contributed by atoms with E-state index in [1.807, 2.05) is 6.92 Å². The number of nitrogens with one attached hydrogen (secondary N) is 2. The maximum Gasteiger partial charge on any atom is 0.191 e. The molecule has 20 heavy (non-hydrogen) atoms. The van der Waals surface area contributed by atoms with Gasteiger partial charge in [-0.05, 0) is 31.7 Å². The largest absolute Gasteiger partial charge is 0.382 e. The average molecular weight is 297 g/mol. The van der Waals surface area contributed by atoms with Crippen LogP contribution >= 0.6 is 11.3 Å². The number of ether oxygens (including phenoxy) is 1. The molecule has 1 aromatic heterocycles. The van der Waals surface area contributed by atoms with Gasteiger partial charge in [0.15, 0.2) is 5.96 Å². The molecule has 0 aromatic carbocycles. The summed E-state index contributed by atoms with van der Waals surface area (Å²) in [5.41, 5.74) is 0. The van der Waals surface area contributed by atoms with E-state index in [1.54, 1.807) is 11.3 Å². The van der Waals surface area contributed by atoms with Gasteiger partial charge in [0.25, 0.3) is 0 Å². The summed E-state index contributed by atoms with van der Waals surface area (Å²) in [5.74, 6) is 1.36. The summed E-state index contributed by atoms with van der Waals surface area (Å²) in [7, 11) is 0. The molecule has 0 aliphatic carbocycles. The van der Waals surface area contributed by atoms with Gasteiger partial charge < -0.3 is 15.4 Å². The van der Waals surface area contributed by atoms with Crippen LogP contribution in [0, 0.1) is 0 Å². The van der Waals surface area contributed by atoms with Crippen LogP contribution in [0.25, 0.3) is 0 Å². The fourth-order valence-corrected chi connectivity index (χ4v) is 2.54. The molecular weight excluding hydrogens is 270 g/mol. The highest BCUT2D eigenvalue weighted by Crippen LogP contribution is 2.20. The molecule has 0 amide bonds. The van der Waals surface area contributed by atoms with Gasteiger partial charge in [-0.1, -0.05) is 13.0 Å². The van der Waals surface area contributed by atoms with Gasteiger partial charge in [-0.2, -0.15) is 0 Å². The number of hydrogen-bond acceptors (Lipinski definition) is 3. The second kappa shape index (κ2) is 10.7. The van der Waals surface area contributed by atoms with Gasteiger partial charge in [0.1, 0.15) is 0 Å². The maximum atomic E-state index is 5.32. The topological polar surface area (TPSA) is 45.7 Å². The lowest BCUT2D eigenvalue weighted by molar-refractivity contribution is 0.145. The standard InChI is InChI=1S/C15H27N3OS/c1-4-16-15(17-9-7-10-19-5-2)18-12-13(3)14-8-6-11-20-14/h6,8,11,13H,4-5,7,9-10,12H2,1-3H3,(H2,16,17,18). The summed E-state index contributed by atoms with van der Waals surface area (Å²) >= 11 is 1.80. The SMILES string of the molecule is CCNC(=NCC(C)c1cccs1)NCCCOCC. The molecule has 0 spiro atoms. The van der Waals surface area contributed by atoms with Crippen molar-refractivity contribution in [3.05, 3.63) is 22.4 Å². The first kappa shape index (κ1) is 17.0. The monoisotopic (exact) mass is 297 g/mol. The quantitative estimate of drug-likeness (QED) is 0.418. The van der Waals surface area contributed by atoms with Gasteiger partial charge in [0.05, 0.1) is 6.54 Å². The zero-order valence-electron chi connectivity index (χ0n) is 12.8. The normalized spacial score (nSPS) is 13.2. The first-order valence-electron chi connectivity index (χ1n) is 7.41. The van der Waals surface area contributed by atoms with Crippen LogP contribution in [-0.2, 0) is 4.74 Å². The highest BCUT2D eigenvalue weighted by atomic mass is 32.1. The van der Waals surface area contributed by atoms with Crippen molar-refractivity contribution < 1.29 is 4.74 Å². The van der Waals surface area contributed by atoms with Gasteiger partial charge in [0, 0.05) is 37.1 Å². The lowest BCUT2D eigenvalue weighted by Crippen LogP contribution is -2.38. The number of hydrogen-bond donors (Lipinski definition) is 2. The van der Waals surface area contributed by atoms with Gasteiger partial charge in [-0.3, -0.25) is 4.99 Å². The third-order valence-electron chi connectivity index (χ3n) is 2.86. The smallest absolute Gasteiger partial charge is 0.191 e. The molecule has 1 rings (SSSR count). The summed E-state index contributed by atoms with van der Waals surface area (Å²) in [5, 5.41) is 8.74. The predicted molar refractivity (Wildman–Crippen MR) is 87.8 cm³/mol. The zero-order chi connectivity index (χ0) is 14.6. The molecule has 4 nitrogen and oxygen atoms in total. The molecule has 0 saturated carbocycles. The van der Waals surface area contributed by atoms with Crippen LogP contribution < -0.4 is 10.6 Å². The van der Waals surface area contributed by atoms with Crippen LogP contribution in [0.5, 0.6) is 0 Å². The van der Waals surface area contributed by atoms with E-state index in [0.717, 1.165) is 45.2 Å². The Bertz CT molecular complexity index is 365. The molecule has 2 N–H and O–H groups in total. The molecule has 1 unspecified atom stereocenters. The summed E-state index contributed by atoms with van der Waals surface area (Å²) in [4.78, 5) is 6.04. The van der Waals surface area contributed by atoms with Crippen molar-refractivity contribution in [2.24, 2.45) is 4.99 Å². The predicted octanol–water partition coefficient (Wildman–Crippen LogP) is 2.83. The lowest BCUT2D eigenvalue weighted by Gasteiger charge is -2.13. The number of nitrogens with zero attached hydrogens (tertiary/aromatic N) is 1. The van der Waals surface area contributed by atoms with Gasteiger partial charge in [-0.25, -0.2) is 0 Å². The third-order valence-corrected chi connectivity index (χ3v) is 3.96. The van der Waals surface area contributed by atoms with E-state index in [-0.39, 0.29) is 0 Å². The minimum absolute atomic E-state index is 0.467. The van der Waals surface area contributed by atoms with Gasteiger partial charge in [0.2, 0.25) is 0 Å². The second-order valence-electron chi connectivity index (χ2n) is 4.61. The van der Waals surface area contributed by atoms with E-state index in [0.29, 0.717) is 5.92 Å². The Hall–Kier alpha value is -1.07. The van der Waals surface area contributed by atoms with E-state index < -0.39 is 0 Å². The van der Waals surface area contributed by atoms with E-state index in [4.69, 9.17) is 4.74 Å². The fourth-order valence-electron chi connectivity index (χ4n) is 1.76. The van der Waals surface area contributed by atoms with Gasteiger partial charge >= 0.3 is 0 Å². The molecule has 1 aromatic rings. The molecule has 0 bridgehead atoms. The van der Waals surface area contributed by atoms with Crippen LogP contribution in [0.2, 0.25) is 0 Å². The molecule has 1 heterocycles. The van der Waals surface area contributed by atoms with Crippen LogP contribution in [-0.4, -0.2) is 38.8 Å². The molecule has 0 aliphatic heterocycles. The Morgan fingerprint density at radius 2 is 2.25 bits per heavy atom. The maximum absolute atomic E-state index is 5.32. The number of thiophene rings is 1. The molecule has 114 valence electrons. The first-order chi connectivity index (χ1) is 9.77. The number of guanidine groups is 1. The minimum Gasteiger partial charge on any atom is -0.382 e. The molecule has 0 radical (unpaired) electrons. The van der Waals surface area contributed by atoms with Crippen molar-refractivity contribution in [1.29, 1.82) is 0 Å². The average Bonchev–Trinajstić information content (AvgIpc) is 2.98. The summed E-state index contributed by atoms with van der Waals surface area (Å²) in [6, 6.07) is 4.27. The molecule has 5 heteroatoms. The summed E-state index contributed by atoms with van der Waals surface area (Å²) in [6.45, 7) is 10.5. The van der Waals surface area contributed by atoms with E-state index >= 15 is 0 Å². The second-order valence-corrected chi connectivity index (χ2v) is 5.59. The number of aliphatic imine (C=N–C) groups is 1. The van der Waals surface area contributed by atoms with Crippen LogP contribution in [0.4, 0.5) is 0 Å². The highest BCUT2D eigenvalue weighted by molar-refractivity contribution is 7.10. The van der Waals surface area contributed by atoms with Crippen molar-refractivity contribution in [1.82, 2.24) is 10.6 Å². The minimum atomic E-state index is 0.467. The third kappa shape index (κ3) is 6.91. The first-order valence-corrected chi connectivity index (χ1v) is 8.29. The van der Waals surface area contributed by atoms with Crippen molar-refractivity contribution in [3.63, 3.8) is 0 Å². The highest BCUT2D eigenvalue weighted by Gasteiger charge is 2.06. The van der Waals surface area contributed by atoms with Crippen LogP contribution in [0.15, 0.2) is 22.5 Å². The lowest BCUT2D eigenvalue weighted by atomic mass is 10.1. The Morgan fingerprint density at radius 1 is 1.40 bits per heavy atom. The van der Waals surface area contributed by atoms with E-state index in [1.165, 1.54) is 4.88 Å². The fraction of sp³-hybridized carbons (Fsp3) is 0.667.